The lowest BCUT2D eigenvalue weighted by atomic mass is 10.3. The van der Waals surface area contributed by atoms with E-state index in [9.17, 15) is 4.79 Å². The molecule has 0 saturated carbocycles. The molecule has 1 aromatic rings. The van der Waals surface area contributed by atoms with E-state index in [-0.39, 0.29) is 6.54 Å². The zero-order chi connectivity index (χ0) is 10.6. The van der Waals surface area contributed by atoms with Gasteiger partial charge in [0.25, 0.3) is 0 Å². The summed E-state index contributed by atoms with van der Waals surface area (Å²) in [6.07, 6.45) is 1.83. The third-order valence-electron chi connectivity index (χ3n) is 1.76. The van der Waals surface area contributed by atoms with E-state index >= 15 is 0 Å². The summed E-state index contributed by atoms with van der Waals surface area (Å²) in [5, 5.41) is 15.5. The Morgan fingerprint density at radius 3 is 3.07 bits per heavy atom. The first-order chi connectivity index (χ1) is 6.59. The molecule has 1 heterocycles. The standard InChI is InChI=1S/C8H14N4O2/c1-12-3-2-6(11-12)4-10-5-7(9)8(13)14/h2-3,7,10H,4-5,9H2,1H3,(H,13,14). The Morgan fingerprint density at radius 2 is 2.57 bits per heavy atom. The lowest BCUT2D eigenvalue weighted by molar-refractivity contribution is -0.138. The van der Waals surface area contributed by atoms with Crippen molar-refractivity contribution in [3.8, 4) is 0 Å². The van der Waals surface area contributed by atoms with E-state index in [0.717, 1.165) is 5.69 Å². The molecule has 0 radical (unpaired) electrons. The van der Waals surface area contributed by atoms with Crippen LogP contribution in [0.3, 0.4) is 0 Å². The molecule has 0 amide bonds. The summed E-state index contributed by atoms with van der Waals surface area (Å²) in [7, 11) is 1.83. The zero-order valence-electron chi connectivity index (χ0n) is 7.97. The molecule has 4 N–H and O–H groups in total. The predicted octanol–water partition coefficient (Wildman–Crippen LogP) is -1.08. The number of carboxylic acid groups (broad SMARTS) is 1. The van der Waals surface area contributed by atoms with Gasteiger partial charge in [-0.25, -0.2) is 0 Å². The molecular weight excluding hydrogens is 184 g/mol. The number of aliphatic carboxylic acids is 1. The van der Waals surface area contributed by atoms with Crippen molar-refractivity contribution < 1.29 is 9.90 Å². The summed E-state index contributed by atoms with van der Waals surface area (Å²) in [5.74, 6) is -1.00. The molecule has 1 aromatic heterocycles. The van der Waals surface area contributed by atoms with Crippen molar-refractivity contribution in [2.45, 2.75) is 12.6 Å². The highest BCUT2D eigenvalue weighted by Crippen LogP contribution is 1.92. The minimum atomic E-state index is -1.00. The van der Waals surface area contributed by atoms with Crippen LogP contribution in [0.25, 0.3) is 0 Å². The fourth-order valence-corrected chi connectivity index (χ4v) is 1.00. The van der Waals surface area contributed by atoms with Crippen LogP contribution in [0.5, 0.6) is 0 Å². The second-order valence-corrected chi connectivity index (χ2v) is 3.06. The van der Waals surface area contributed by atoms with Crippen molar-refractivity contribution in [2.24, 2.45) is 12.8 Å². The van der Waals surface area contributed by atoms with Crippen LogP contribution >= 0.6 is 0 Å². The molecular formula is C8H14N4O2. The van der Waals surface area contributed by atoms with Crippen molar-refractivity contribution in [1.29, 1.82) is 0 Å². The number of nitrogens with two attached hydrogens (primary N) is 1. The van der Waals surface area contributed by atoms with Gasteiger partial charge in [0.2, 0.25) is 0 Å². The quantitative estimate of drug-likeness (QED) is 0.559. The molecule has 0 aliphatic rings. The Labute approximate surface area is 81.7 Å². The molecule has 0 saturated heterocycles. The average Bonchev–Trinajstić information content (AvgIpc) is 2.51. The van der Waals surface area contributed by atoms with E-state index in [2.05, 4.69) is 10.4 Å². The number of aryl methyl sites for hydroxylation is 1. The summed E-state index contributed by atoms with van der Waals surface area (Å²) < 4.78 is 1.69. The number of hydrogen-bond acceptors (Lipinski definition) is 4. The second kappa shape index (κ2) is 4.73. The molecule has 1 rings (SSSR count). The number of nitrogens with one attached hydrogen (secondary N) is 1. The van der Waals surface area contributed by atoms with Gasteiger partial charge in [-0.15, -0.1) is 0 Å². The largest absolute Gasteiger partial charge is 0.480 e. The van der Waals surface area contributed by atoms with Crippen molar-refractivity contribution in [1.82, 2.24) is 15.1 Å². The van der Waals surface area contributed by atoms with Gasteiger partial charge < -0.3 is 16.2 Å². The van der Waals surface area contributed by atoms with Gasteiger partial charge in [0.05, 0.1) is 5.69 Å². The monoisotopic (exact) mass is 198 g/mol. The van der Waals surface area contributed by atoms with Crippen molar-refractivity contribution in [3.05, 3.63) is 18.0 Å². The van der Waals surface area contributed by atoms with Gasteiger partial charge in [0.1, 0.15) is 6.04 Å². The fraction of sp³-hybridized carbons (Fsp3) is 0.500. The van der Waals surface area contributed by atoms with Crippen molar-refractivity contribution in [2.75, 3.05) is 6.54 Å². The van der Waals surface area contributed by atoms with Crippen LogP contribution < -0.4 is 11.1 Å². The third kappa shape index (κ3) is 3.15. The Morgan fingerprint density at radius 1 is 1.86 bits per heavy atom. The van der Waals surface area contributed by atoms with Crippen LogP contribution in [0, 0.1) is 0 Å². The van der Waals surface area contributed by atoms with E-state index in [0.29, 0.717) is 6.54 Å². The smallest absolute Gasteiger partial charge is 0.321 e. The number of carboxylic acids is 1. The van der Waals surface area contributed by atoms with Crippen LogP contribution in [0.4, 0.5) is 0 Å². The van der Waals surface area contributed by atoms with Crippen molar-refractivity contribution in [3.63, 3.8) is 0 Å². The molecule has 1 unspecified atom stereocenters. The second-order valence-electron chi connectivity index (χ2n) is 3.06. The Hall–Kier alpha value is -1.40. The highest BCUT2D eigenvalue weighted by Gasteiger charge is 2.10. The molecule has 1 atom stereocenters. The van der Waals surface area contributed by atoms with E-state index < -0.39 is 12.0 Å². The highest BCUT2D eigenvalue weighted by molar-refractivity contribution is 5.73. The minimum absolute atomic E-state index is 0.242. The molecule has 6 nitrogen and oxygen atoms in total. The number of carbonyl (C=O) groups is 1. The van der Waals surface area contributed by atoms with Crippen LogP contribution in [-0.2, 0) is 18.4 Å². The van der Waals surface area contributed by atoms with Gasteiger partial charge in [-0.05, 0) is 6.07 Å². The topological polar surface area (TPSA) is 93.2 Å². The van der Waals surface area contributed by atoms with Gasteiger partial charge in [0, 0.05) is 26.3 Å². The first kappa shape index (κ1) is 10.7. The molecule has 0 aliphatic carbocycles. The Balaban J connectivity index is 2.25. The third-order valence-corrected chi connectivity index (χ3v) is 1.76. The maximum atomic E-state index is 10.4. The normalized spacial score (nSPS) is 12.7. The molecule has 14 heavy (non-hydrogen) atoms. The minimum Gasteiger partial charge on any atom is -0.480 e. The maximum Gasteiger partial charge on any atom is 0.321 e. The maximum absolute atomic E-state index is 10.4. The van der Waals surface area contributed by atoms with Crippen molar-refractivity contribution >= 4 is 5.97 Å². The first-order valence-corrected chi connectivity index (χ1v) is 4.27. The number of hydrogen-bond donors (Lipinski definition) is 3. The number of rotatable bonds is 5. The van der Waals surface area contributed by atoms with E-state index in [1.165, 1.54) is 0 Å². The van der Waals surface area contributed by atoms with Gasteiger partial charge in [0.15, 0.2) is 0 Å². The molecule has 6 heteroatoms. The van der Waals surface area contributed by atoms with Gasteiger partial charge >= 0.3 is 5.97 Å². The summed E-state index contributed by atoms with van der Waals surface area (Å²) >= 11 is 0. The Bertz CT molecular complexity index is 310. The highest BCUT2D eigenvalue weighted by atomic mass is 16.4. The fourth-order valence-electron chi connectivity index (χ4n) is 1.00. The summed E-state index contributed by atoms with van der Waals surface area (Å²) in [5.41, 5.74) is 6.16. The SMILES string of the molecule is Cn1ccc(CNCC(N)C(=O)O)n1. The number of nitrogens with zero attached hydrogens (tertiary/aromatic N) is 2. The molecule has 0 spiro atoms. The van der Waals surface area contributed by atoms with Crippen LogP contribution in [-0.4, -0.2) is 33.4 Å². The van der Waals surface area contributed by atoms with Gasteiger partial charge in [-0.1, -0.05) is 0 Å². The molecule has 0 aliphatic heterocycles. The van der Waals surface area contributed by atoms with E-state index in [1.54, 1.807) is 4.68 Å². The molecule has 0 aromatic carbocycles. The predicted molar refractivity (Wildman–Crippen MR) is 50.5 cm³/mol. The first-order valence-electron chi connectivity index (χ1n) is 4.27. The van der Waals surface area contributed by atoms with Crippen LogP contribution in [0.2, 0.25) is 0 Å². The number of aromatic nitrogens is 2. The van der Waals surface area contributed by atoms with Gasteiger partial charge in [-0.2, -0.15) is 5.10 Å². The van der Waals surface area contributed by atoms with Crippen LogP contribution in [0.15, 0.2) is 12.3 Å². The van der Waals surface area contributed by atoms with Gasteiger partial charge in [-0.3, -0.25) is 9.48 Å². The average molecular weight is 198 g/mol. The Kier molecular flexibility index (Phi) is 3.61. The lowest BCUT2D eigenvalue weighted by Gasteiger charge is -2.06. The molecule has 0 fully saturated rings. The molecule has 0 bridgehead atoms. The van der Waals surface area contributed by atoms with E-state index in [4.69, 9.17) is 10.8 Å². The lowest BCUT2D eigenvalue weighted by Crippen LogP contribution is -2.40. The van der Waals surface area contributed by atoms with E-state index in [1.807, 2.05) is 19.3 Å². The van der Waals surface area contributed by atoms with Crippen LogP contribution in [0.1, 0.15) is 5.69 Å². The summed E-state index contributed by atoms with van der Waals surface area (Å²) in [6.45, 7) is 0.772. The summed E-state index contributed by atoms with van der Waals surface area (Å²) in [6, 6.07) is 0.998. The summed E-state index contributed by atoms with van der Waals surface area (Å²) in [4.78, 5) is 10.4. The zero-order valence-corrected chi connectivity index (χ0v) is 7.97. The molecule has 78 valence electrons.